The summed E-state index contributed by atoms with van der Waals surface area (Å²) in [7, 11) is 0. The Balaban J connectivity index is 1.28. The molecule has 0 saturated carbocycles. The van der Waals surface area contributed by atoms with Gasteiger partial charge in [-0.15, -0.1) is 0 Å². The average molecular weight is 493 g/mol. The van der Waals surface area contributed by atoms with Crippen LogP contribution in [-0.4, -0.2) is 11.6 Å². The molecule has 7 rings (SSSR count). The lowest BCUT2D eigenvalue weighted by molar-refractivity contribution is 0.101. The highest BCUT2D eigenvalue weighted by Gasteiger charge is 2.29. The van der Waals surface area contributed by atoms with Crippen LogP contribution in [0.15, 0.2) is 96.1 Å². The van der Waals surface area contributed by atoms with E-state index in [-0.39, 0.29) is 11.6 Å². The third kappa shape index (κ3) is 3.97. The van der Waals surface area contributed by atoms with E-state index in [1.165, 1.54) is 11.1 Å². The molecule has 0 aliphatic heterocycles. The molecule has 3 aliphatic rings. The molecule has 2 heteroatoms. The molecule has 4 aromatic carbocycles. The lowest BCUT2D eigenvalue weighted by Crippen LogP contribution is -2.18. The van der Waals surface area contributed by atoms with Crippen LogP contribution in [0.2, 0.25) is 0 Å². The van der Waals surface area contributed by atoms with E-state index in [2.05, 4.69) is 24.3 Å². The zero-order valence-corrected chi connectivity index (χ0v) is 21.3. The Kier molecular flexibility index (Phi) is 5.55. The fraction of sp³-hybridized carbons (Fsp3) is 0.167. The molecule has 38 heavy (non-hydrogen) atoms. The van der Waals surface area contributed by atoms with E-state index in [1.54, 1.807) is 0 Å². The van der Waals surface area contributed by atoms with E-state index in [0.717, 1.165) is 94.2 Å². The van der Waals surface area contributed by atoms with Crippen LogP contribution in [0.25, 0.3) is 23.3 Å². The molecule has 2 nitrogen and oxygen atoms in total. The molecule has 0 radical (unpaired) electrons. The molecular weight excluding hydrogens is 464 g/mol. The first-order valence-electron chi connectivity index (χ1n) is 13.6. The number of ketones is 2. The average Bonchev–Trinajstić information content (AvgIpc) is 2.96. The fourth-order valence-electron chi connectivity index (χ4n) is 6.30. The summed E-state index contributed by atoms with van der Waals surface area (Å²) in [6, 6.07) is 28.9. The molecule has 0 fully saturated rings. The maximum Gasteiger partial charge on any atom is 0.189 e. The Morgan fingerprint density at radius 3 is 1.21 bits per heavy atom. The molecule has 0 bridgehead atoms. The number of allylic oxidation sites excluding steroid dienone is 2. The second-order valence-electron chi connectivity index (χ2n) is 10.7. The number of benzene rings is 4. The van der Waals surface area contributed by atoms with Crippen molar-refractivity contribution in [2.75, 3.05) is 0 Å². The standard InChI is InChI=1S/C36H28O2/c37-35-29(17-23-7-3-1-4-8-23)15-13-27-19-25-11-12-26-20-28-14-16-30(18-24-9-5-2-6-10-24)36(38)34(28)22-32(26)31(25)21-33(27)35/h1-10,17-22H,11-16H2/b29-17+,30-18+. The maximum atomic E-state index is 13.6. The van der Waals surface area contributed by atoms with Gasteiger partial charge in [0.15, 0.2) is 11.6 Å². The fourth-order valence-corrected chi connectivity index (χ4v) is 6.30. The van der Waals surface area contributed by atoms with E-state index in [0.29, 0.717) is 0 Å². The SMILES string of the molecule is O=C1/C(=C/c2ccccc2)CCc2cc3c(cc21)-c1cc2c(cc1CC3)CC/C(=C\c1ccccc1)C2=O. The van der Waals surface area contributed by atoms with Gasteiger partial charge in [0.25, 0.3) is 0 Å². The predicted molar refractivity (Wildman–Crippen MR) is 153 cm³/mol. The smallest absolute Gasteiger partial charge is 0.189 e. The van der Waals surface area contributed by atoms with Crippen molar-refractivity contribution in [3.8, 4) is 11.1 Å². The number of hydrogen-bond donors (Lipinski definition) is 0. The van der Waals surface area contributed by atoms with Crippen LogP contribution in [0.4, 0.5) is 0 Å². The minimum Gasteiger partial charge on any atom is -0.289 e. The number of fused-ring (bicyclic) bond motifs is 5. The van der Waals surface area contributed by atoms with Crippen LogP contribution in [-0.2, 0) is 25.7 Å². The summed E-state index contributed by atoms with van der Waals surface area (Å²) in [4.78, 5) is 27.2. The van der Waals surface area contributed by atoms with Gasteiger partial charge in [0.05, 0.1) is 0 Å². The van der Waals surface area contributed by atoms with Crippen molar-refractivity contribution in [3.63, 3.8) is 0 Å². The van der Waals surface area contributed by atoms with E-state index in [4.69, 9.17) is 0 Å². The highest BCUT2D eigenvalue weighted by Crippen LogP contribution is 2.41. The van der Waals surface area contributed by atoms with Gasteiger partial charge in [-0.1, -0.05) is 72.8 Å². The van der Waals surface area contributed by atoms with Crippen LogP contribution in [0.1, 0.15) is 66.9 Å². The van der Waals surface area contributed by atoms with Gasteiger partial charge in [-0.2, -0.15) is 0 Å². The van der Waals surface area contributed by atoms with Crippen molar-refractivity contribution in [3.05, 3.63) is 141 Å². The number of Topliss-reactive ketones (excluding diaryl/α,β-unsaturated/α-hetero) is 2. The third-order valence-corrected chi connectivity index (χ3v) is 8.29. The van der Waals surface area contributed by atoms with Crippen molar-refractivity contribution in [1.29, 1.82) is 0 Å². The molecule has 0 N–H and O–H groups in total. The molecule has 0 amide bonds. The highest BCUT2D eigenvalue weighted by atomic mass is 16.1. The van der Waals surface area contributed by atoms with Crippen LogP contribution in [0.3, 0.4) is 0 Å². The summed E-state index contributed by atoms with van der Waals surface area (Å²) >= 11 is 0. The summed E-state index contributed by atoms with van der Waals surface area (Å²) in [5.74, 6) is 0.263. The van der Waals surface area contributed by atoms with Gasteiger partial charge in [-0.05, 0) is 107 Å². The molecular formula is C36H28O2. The zero-order valence-electron chi connectivity index (χ0n) is 21.3. The Hall–Kier alpha value is -4.30. The first-order chi connectivity index (χ1) is 18.6. The second kappa shape index (κ2) is 9.22. The summed E-state index contributed by atoms with van der Waals surface area (Å²) in [6.07, 6.45) is 9.34. The third-order valence-electron chi connectivity index (χ3n) is 8.29. The predicted octanol–water partition coefficient (Wildman–Crippen LogP) is 7.88. The van der Waals surface area contributed by atoms with E-state index >= 15 is 0 Å². The molecule has 4 aromatic rings. The van der Waals surface area contributed by atoms with E-state index in [1.807, 2.05) is 72.8 Å². The molecule has 0 heterocycles. The van der Waals surface area contributed by atoms with Gasteiger partial charge in [0.1, 0.15) is 0 Å². The van der Waals surface area contributed by atoms with Gasteiger partial charge in [0, 0.05) is 22.3 Å². The van der Waals surface area contributed by atoms with Crippen LogP contribution in [0.5, 0.6) is 0 Å². The van der Waals surface area contributed by atoms with Crippen molar-refractivity contribution in [2.24, 2.45) is 0 Å². The normalized spacial score (nSPS) is 18.1. The van der Waals surface area contributed by atoms with Crippen LogP contribution >= 0.6 is 0 Å². The topological polar surface area (TPSA) is 34.1 Å². The minimum atomic E-state index is 0.132. The molecule has 3 aliphatic carbocycles. The first-order valence-corrected chi connectivity index (χ1v) is 13.6. The van der Waals surface area contributed by atoms with E-state index < -0.39 is 0 Å². The lowest BCUT2D eigenvalue weighted by atomic mass is 9.76. The molecule has 184 valence electrons. The number of aryl methyl sites for hydroxylation is 4. The summed E-state index contributed by atoms with van der Waals surface area (Å²) in [6.45, 7) is 0. The minimum absolute atomic E-state index is 0.132. The Bertz CT molecular complexity index is 1540. The second-order valence-corrected chi connectivity index (χ2v) is 10.7. The molecule has 0 unspecified atom stereocenters. The quantitative estimate of drug-likeness (QED) is 0.267. The lowest BCUT2D eigenvalue weighted by Gasteiger charge is -2.27. The van der Waals surface area contributed by atoms with E-state index in [9.17, 15) is 9.59 Å². The van der Waals surface area contributed by atoms with Gasteiger partial charge in [-0.25, -0.2) is 0 Å². The zero-order chi connectivity index (χ0) is 25.6. The largest absolute Gasteiger partial charge is 0.289 e. The maximum absolute atomic E-state index is 13.6. The van der Waals surface area contributed by atoms with Crippen molar-refractivity contribution >= 4 is 23.7 Å². The molecule has 0 aromatic heterocycles. The number of carbonyl (C=O) groups is 2. The van der Waals surface area contributed by atoms with Crippen LogP contribution in [0, 0.1) is 0 Å². The molecule has 0 saturated heterocycles. The Morgan fingerprint density at radius 2 is 0.789 bits per heavy atom. The number of rotatable bonds is 2. The van der Waals surface area contributed by atoms with Crippen LogP contribution < -0.4 is 0 Å². The summed E-state index contributed by atoms with van der Waals surface area (Å²) in [5, 5.41) is 0. The van der Waals surface area contributed by atoms with Crippen molar-refractivity contribution < 1.29 is 9.59 Å². The monoisotopic (exact) mass is 492 g/mol. The van der Waals surface area contributed by atoms with Crippen molar-refractivity contribution in [1.82, 2.24) is 0 Å². The summed E-state index contributed by atoms with van der Waals surface area (Å²) < 4.78 is 0. The van der Waals surface area contributed by atoms with Gasteiger partial charge in [-0.3, -0.25) is 9.59 Å². The Morgan fingerprint density at radius 1 is 0.421 bits per heavy atom. The highest BCUT2D eigenvalue weighted by molar-refractivity contribution is 6.15. The molecule has 0 spiro atoms. The van der Waals surface area contributed by atoms with Crippen molar-refractivity contribution in [2.45, 2.75) is 38.5 Å². The number of hydrogen-bond acceptors (Lipinski definition) is 2. The first kappa shape index (κ1) is 22.9. The van der Waals surface area contributed by atoms with Gasteiger partial charge < -0.3 is 0 Å². The Labute approximate surface area is 223 Å². The molecule has 0 atom stereocenters. The van der Waals surface area contributed by atoms with Gasteiger partial charge >= 0.3 is 0 Å². The van der Waals surface area contributed by atoms with Gasteiger partial charge in [0.2, 0.25) is 0 Å². The number of carbonyl (C=O) groups excluding carboxylic acids is 2. The summed E-state index contributed by atoms with van der Waals surface area (Å²) in [5.41, 5.74) is 12.6.